The number of carbonyl (C=O) groups excluding carboxylic acids is 6. The smallest absolute Gasteiger partial charge is 0.329 e. The number of ether oxygens (including phenoxy) is 4. The van der Waals surface area contributed by atoms with Crippen molar-refractivity contribution in [2.75, 3.05) is 68.3 Å². The summed E-state index contributed by atoms with van der Waals surface area (Å²) in [5, 5.41) is 18.4. The van der Waals surface area contributed by atoms with E-state index in [9.17, 15) is 14.7 Å². The second kappa shape index (κ2) is 21.9. The predicted molar refractivity (Wildman–Crippen MR) is 273 cm³/mol. The number of nitrogens with zero attached hydrogens (tertiary/aromatic N) is 3. The van der Waals surface area contributed by atoms with Crippen LogP contribution in [0.5, 0.6) is 5.75 Å². The van der Waals surface area contributed by atoms with Gasteiger partial charge in [-0.1, -0.05) is 105 Å². The van der Waals surface area contributed by atoms with Crippen molar-refractivity contribution in [3.8, 4) is 17.6 Å². The molecule has 5 aromatic carbocycles. The van der Waals surface area contributed by atoms with Crippen LogP contribution in [0, 0.1) is 23.7 Å². The highest BCUT2D eigenvalue weighted by Gasteiger charge is 2.76. The number of aliphatic hydroxyl groups excluding tert-OH is 1. The maximum Gasteiger partial charge on any atom is 0.329 e. The first kappa shape index (κ1) is 50.7. The number of fused-ring (bicyclic) bond motifs is 3. The van der Waals surface area contributed by atoms with E-state index >= 15 is 19.2 Å². The molecular weight excluding hydrogens is 947 g/mol. The van der Waals surface area contributed by atoms with Gasteiger partial charge in [0.2, 0.25) is 11.8 Å². The summed E-state index contributed by atoms with van der Waals surface area (Å²) in [5.74, 6) is 0.692. The number of cyclic esters (lactones) is 1. The van der Waals surface area contributed by atoms with Crippen molar-refractivity contribution in [1.82, 2.24) is 15.5 Å². The van der Waals surface area contributed by atoms with Gasteiger partial charge in [-0.05, 0) is 71.1 Å². The molecule has 74 heavy (non-hydrogen) atoms. The normalized spacial score (nSPS) is 22.4. The van der Waals surface area contributed by atoms with E-state index in [1.54, 1.807) is 62.4 Å². The molecule has 6 N–H and O–H groups in total. The number of aliphatic hydroxyl groups is 1. The van der Waals surface area contributed by atoms with Gasteiger partial charge >= 0.3 is 24.0 Å². The number of rotatable bonds is 13. The number of benzene rings is 5. The zero-order chi connectivity index (χ0) is 52.1. The molecule has 6 amide bonds. The number of urea groups is 2. The Kier molecular flexibility index (Phi) is 15.0. The van der Waals surface area contributed by atoms with Crippen molar-refractivity contribution in [2.24, 2.45) is 17.6 Å². The second-order valence-electron chi connectivity index (χ2n) is 18.6. The van der Waals surface area contributed by atoms with Crippen LogP contribution in [0.2, 0.25) is 0 Å². The van der Waals surface area contributed by atoms with Gasteiger partial charge in [-0.3, -0.25) is 19.3 Å². The molecule has 0 bridgehead atoms. The van der Waals surface area contributed by atoms with Crippen molar-refractivity contribution < 1.29 is 52.8 Å². The molecule has 382 valence electrons. The van der Waals surface area contributed by atoms with E-state index in [0.29, 0.717) is 54.2 Å². The lowest BCUT2D eigenvalue weighted by Crippen LogP contribution is -2.57. The molecule has 4 aliphatic heterocycles. The Balaban J connectivity index is 1.34. The van der Waals surface area contributed by atoms with Crippen molar-refractivity contribution >= 4 is 52.9 Å². The Hall–Kier alpha value is -8.24. The van der Waals surface area contributed by atoms with Gasteiger partial charge in [-0.2, -0.15) is 0 Å². The van der Waals surface area contributed by atoms with Crippen molar-refractivity contribution in [2.45, 2.75) is 49.5 Å². The summed E-state index contributed by atoms with van der Waals surface area (Å²) >= 11 is 0. The van der Waals surface area contributed by atoms with Gasteiger partial charge in [0.1, 0.15) is 36.0 Å². The maximum absolute atomic E-state index is 16.8. The zero-order valence-electron chi connectivity index (χ0n) is 41.1. The van der Waals surface area contributed by atoms with Crippen LogP contribution >= 0.6 is 0 Å². The van der Waals surface area contributed by atoms with Crippen LogP contribution in [-0.2, 0) is 38.8 Å². The Labute approximate surface area is 428 Å². The number of nitrogens with one attached hydrogen (secondary N) is 3. The molecule has 0 aliphatic carbocycles. The van der Waals surface area contributed by atoms with E-state index < -0.39 is 83.3 Å². The highest BCUT2D eigenvalue weighted by molar-refractivity contribution is 6.25. The highest BCUT2D eigenvalue weighted by Crippen LogP contribution is 2.66. The van der Waals surface area contributed by atoms with Crippen LogP contribution in [-0.4, -0.2) is 111 Å². The van der Waals surface area contributed by atoms with Crippen LogP contribution in [0.4, 0.5) is 26.7 Å². The number of para-hydroxylation sites is 1. The van der Waals surface area contributed by atoms with Gasteiger partial charge in [-0.15, -0.1) is 0 Å². The van der Waals surface area contributed by atoms with E-state index in [1.165, 1.54) is 13.2 Å². The number of imide groups is 1. The van der Waals surface area contributed by atoms with Gasteiger partial charge in [0, 0.05) is 35.6 Å². The van der Waals surface area contributed by atoms with Crippen molar-refractivity contribution in [3.05, 3.63) is 155 Å². The largest absolute Gasteiger partial charge is 0.491 e. The monoisotopic (exact) mass is 1000 g/mol. The number of esters is 2. The molecule has 9 rings (SSSR count). The summed E-state index contributed by atoms with van der Waals surface area (Å²) in [6.07, 6.45) is -1.01. The van der Waals surface area contributed by atoms with Crippen molar-refractivity contribution in [3.63, 3.8) is 0 Å². The van der Waals surface area contributed by atoms with E-state index in [-0.39, 0.29) is 36.8 Å². The SMILES string of the molecule is COC(=O)[C@@H](NC(=O)N1C(=O)[C@@]2(c3cc(C#CCNC(N)=O)ccc31)[C@H](c1ccccc1OCCO)N1[C@H](c3ccccc3)[C@H](c3ccccc3)OC(=O)[C@H]1[C@@H]2C(=O)Nc1ccc(N2CCOCC2)cc1)C(C)C. The van der Waals surface area contributed by atoms with Crippen LogP contribution in [0.25, 0.3) is 0 Å². The molecule has 7 atom stereocenters. The topological polar surface area (TPSA) is 231 Å². The maximum atomic E-state index is 16.8. The number of nitrogens with two attached hydrogens (primary N) is 1. The molecule has 0 radical (unpaired) electrons. The van der Waals surface area contributed by atoms with E-state index in [2.05, 4.69) is 32.7 Å². The predicted octanol–water partition coefficient (Wildman–Crippen LogP) is 5.13. The van der Waals surface area contributed by atoms with Crippen LogP contribution < -0.4 is 36.2 Å². The molecule has 0 unspecified atom stereocenters. The first-order valence-electron chi connectivity index (χ1n) is 24.4. The van der Waals surface area contributed by atoms with Crippen LogP contribution in [0.15, 0.2) is 127 Å². The van der Waals surface area contributed by atoms with Crippen LogP contribution in [0.3, 0.4) is 0 Å². The number of methoxy groups -OCH3 is 1. The second-order valence-corrected chi connectivity index (χ2v) is 18.6. The first-order valence-corrected chi connectivity index (χ1v) is 24.4. The molecule has 0 aromatic heterocycles. The molecule has 4 aliphatic rings. The molecular formula is C56H57N7O11. The highest BCUT2D eigenvalue weighted by atomic mass is 16.6. The minimum Gasteiger partial charge on any atom is -0.491 e. The third kappa shape index (κ3) is 9.48. The molecule has 3 saturated heterocycles. The zero-order valence-corrected chi connectivity index (χ0v) is 41.1. The first-order chi connectivity index (χ1) is 35.9. The average molecular weight is 1000 g/mol. The molecule has 0 saturated carbocycles. The number of carbonyl (C=O) groups is 6. The standard InChI is InChI=1S/C56H57N7O11/c1-34(2)45(51(66)71-3)60-55(70)62-42-25-20-35(13-12-26-58-54(57)69)33-41(42)56(53(62)68)44(50(65)59-38-21-23-39(24-22-38)61-27-30-72-31-28-61)47-52(67)74-48(37-16-8-5-9-17-37)46(36-14-6-4-7-15-36)63(47)49(56)40-18-10-11-19-43(40)73-32-29-64/h4-11,14-25,33-34,44-49,64H,26-32H2,1-3H3,(H,59,65)(H,60,70)(H3,57,58,69)/t44-,45+,46-,47-,48+,49+,56-/m1/s1. The lowest BCUT2D eigenvalue weighted by molar-refractivity contribution is -0.178. The Morgan fingerprint density at radius 3 is 2.20 bits per heavy atom. The number of hydrogen-bond acceptors (Lipinski definition) is 13. The summed E-state index contributed by atoms with van der Waals surface area (Å²) in [5.41, 5.74) is 6.50. The van der Waals surface area contributed by atoms with Crippen LogP contribution in [0.1, 0.15) is 59.9 Å². The minimum atomic E-state index is -2.24. The van der Waals surface area contributed by atoms with E-state index in [4.69, 9.17) is 24.7 Å². The van der Waals surface area contributed by atoms with Gasteiger partial charge in [-0.25, -0.2) is 19.3 Å². The number of hydrogen-bond donors (Lipinski definition) is 5. The summed E-state index contributed by atoms with van der Waals surface area (Å²) in [6, 6.07) is 30.5. The quantitative estimate of drug-likeness (QED) is 0.0763. The minimum absolute atomic E-state index is 0.0381. The molecule has 1 spiro atoms. The molecule has 4 heterocycles. The lowest BCUT2D eigenvalue weighted by atomic mass is 9.65. The number of anilines is 3. The fourth-order valence-electron chi connectivity index (χ4n) is 10.8. The Morgan fingerprint density at radius 2 is 1.54 bits per heavy atom. The van der Waals surface area contributed by atoms with E-state index in [1.807, 2.05) is 77.7 Å². The lowest BCUT2D eigenvalue weighted by Gasteiger charge is -2.46. The Bertz CT molecular complexity index is 2980. The van der Waals surface area contributed by atoms with Gasteiger partial charge in [0.25, 0.3) is 0 Å². The number of primary amides is 1. The molecule has 3 fully saturated rings. The fourth-order valence-corrected chi connectivity index (χ4v) is 10.8. The third-order valence-corrected chi connectivity index (χ3v) is 14.0. The molecule has 5 aromatic rings. The summed E-state index contributed by atoms with van der Waals surface area (Å²) in [4.78, 5) is 93.6. The summed E-state index contributed by atoms with van der Waals surface area (Å²) in [6.45, 7) is 5.21. The van der Waals surface area contributed by atoms with Crippen molar-refractivity contribution in [1.29, 1.82) is 0 Å². The number of amides is 6. The van der Waals surface area contributed by atoms with Gasteiger partial charge in [0.05, 0.1) is 57.2 Å². The van der Waals surface area contributed by atoms with Gasteiger partial charge < -0.3 is 50.6 Å². The fraction of sp³-hybridized carbons (Fsp3) is 0.321. The average Bonchev–Trinajstić information content (AvgIpc) is 3.90. The molecule has 18 nitrogen and oxygen atoms in total. The Morgan fingerprint density at radius 1 is 0.865 bits per heavy atom. The summed E-state index contributed by atoms with van der Waals surface area (Å²) in [7, 11) is 1.19. The number of morpholine rings is 2. The molecule has 18 heteroatoms. The third-order valence-electron chi connectivity index (χ3n) is 14.0. The van der Waals surface area contributed by atoms with Gasteiger partial charge in [0.15, 0.2) is 0 Å². The summed E-state index contributed by atoms with van der Waals surface area (Å²) < 4.78 is 23.6. The van der Waals surface area contributed by atoms with E-state index in [0.717, 1.165) is 10.6 Å².